The molecule has 16 heavy (non-hydrogen) atoms. The Bertz CT molecular complexity index is 346. The van der Waals surface area contributed by atoms with Crippen LogP contribution in [0.25, 0.3) is 0 Å². The normalized spacial score (nSPS) is 36.7. The third-order valence-corrected chi connectivity index (χ3v) is 3.26. The maximum atomic E-state index is 12.0. The fourth-order valence-corrected chi connectivity index (χ4v) is 2.45. The van der Waals surface area contributed by atoms with Crippen LogP contribution in [0.4, 0.5) is 0 Å². The summed E-state index contributed by atoms with van der Waals surface area (Å²) in [5.74, 6) is -1.21. The van der Waals surface area contributed by atoms with E-state index >= 15 is 0 Å². The standard InChI is InChI=1S/C11H17NO4/c1-10(2,3)16-9(15)11-4-6(11)5-12-7(11)8(13)14/h6-7,12H,4-5H2,1-3H3,(H,13,14)/t6-,7?,11+/m0/s1. The van der Waals surface area contributed by atoms with Gasteiger partial charge in [0.05, 0.1) is 5.41 Å². The Kier molecular flexibility index (Phi) is 2.28. The van der Waals surface area contributed by atoms with E-state index in [1.54, 1.807) is 20.8 Å². The van der Waals surface area contributed by atoms with Crippen molar-refractivity contribution in [3.63, 3.8) is 0 Å². The number of carboxylic acids is 1. The lowest BCUT2D eigenvalue weighted by molar-refractivity contribution is -0.166. The number of aliphatic carboxylic acids is 1. The van der Waals surface area contributed by atoms with Crippen LogP contribution in [-0.4, -0.2) is 35.2 Å². The Hall–Kier alpha value is -1.10. The van der Waals surface area contributed by atoms with Crippen molar-refractivity contribution in [3.05, 3.63) is 0 Å². The Labute approximate surface area is 94.2 Å². The molecule has 5 heteroatoms. The molecule has 0 aromatic heterocycles. The Morgan fingerprint density at radius 1 is 1.44 bits per heavy atom. The van der Waals surface area contributed by atoms with E-state index in [2.05, 4.69) is 5.32 Å². The molecule has 90 valence electrons. The molecular formula is C11H17NO4. The topological polar surface area (TPSA) is 75.6 Å². The van der Waals surface area contributed by atoms with E-state index in [0.717, 1.165) is 0 Å². The Morgan fingerprint density at radius 2 is 2.06 bits per heavy atom. The van der Waals surface area contributed by atoms with Crippen molar-refractivity contribution in [3.8, 4) is 0 Å². The zero-order valence-corrected chi connectivity index (χ0v) is 9.74. The van der Waals surface area contributed by atoms with Gasteiger partial charge in [-0.15, -0.1) is 0 Å². The molecule has 3 atom stereocenters. The predicted octanol–water partition coefficient (Wildman–Crippen LogP) is 0.391. The van der Waals surface area contributed by atoms with E-state index in [-0.39, 0.29) is 11.9 Å². The molecule has 1 aliphatic heterocycles. The monoisotopic (exact) mass is 227 g/mol. The van der Waals surface area contributed by atoms with Crippen molar-refractivity contribution in [2.24, 2.45) is 11.3 Å². The highest BCUT2D eigenvalue weighted by Crippen LogP contribution is 2.59. The molecule has 2 fully saturated rings. The highest BCUT2D eigenvalue weighted by atomic mass is 16.6. The summed E-state index contributed by atoms with van der Waals surface area (Å²) in [6.07, 6.45) is 0.631. The maximum Gasteiger partial charge on any atom is 0.321 e. The lowest BCUT2D eigenvalue weighted by Crippen LogP contribution is -2.45. The van der Waals surface area contributed by atoms with Gasteiger partial charge in [0, 0.05) is 6.54 Å². The molecule has 2 rings (SSSR count). The van der Waals surface area contributed by atoms with E-state index in [1.165, 1.54) is 0 Å². The first kappa shape index (κ1) is 11.4. The van der Waals surface area contributed by atoms with E-state index in [9.17, 15) is 9.59 Å². The van der Waals surface area contributed by atoms with Crippen molar-refractivity contribution in [1.29, 1.82) is 0 Å². The van der Waals surface area contributed by atoms with Gasteiger partial charge in [0.1, 0.15) is 11.6 Å². The molecule has 0 aromatic carbocycles. The fourth-order valence-electron chi connectivity index (χ4n) is 2.45. The number of piperidine rings is 1. The number of carbonyl (C=O) groups excluding carboxylic acids is 1. The zero-order valence-electron chi connectivity index (χ0n) is 9.74. The third kappa shape index (κ3) is 1.59. The van der Waals surface area contributed by atoms with Crippen LogP contribution in [0.15, 0.2) is 0 Å². The molecule has 0 aromatic rings. The molecule has 2 N–H and O–H groups in total. The van der Waals surface area contributed by atoms with E-state index < -0.39 is 23.0 Å². The minimum atomic E-state index is -0.967. The highest BCUT2D eigenvalue weighted by Gasteiger charge is 2.71. The minimum Gasteiger partial charge on any atom is -0.480 e. The summed E-state index contributed by atoms with van der Waals surface area (Å²) in [6, 6.07) is -0.785. The number of carbonyl (C=O) groups is 2. The molecule has 1 saturated heterocycles. The van der Waals surface area contributed by atoms with Crippen LogP contribution in [-0.2, 0) is 14.3 Å². The predicted molar refractivity (Wildman–Crippen MR) is 55.8 cm³/mol. The second-order valence-electron chi connectivity index (χ2n) is 5.62. The van der Waals surface area contributed by atoms with Gasteiger partial charge in [-0.05, 0) is 33.1 Å². The van der Waals surface area contributed by atoms with E-state index in [1.807, 2.05) is 0 Å². The van der Waals surface area contributed by atoms with Gasteiger partial charge in [0.2, 0.25) is 0 Å². The molecule has 1 saturated carbocycles. The molecule has 0 amide bonds. The number of ether oxygens (including phenoxy) is 1. The second-order valence-corrected chi connectivity index (χ2v) is 5.62. The van der Waals surface area contributed by atoms with Crippen LogP contribution >= 0.6 is 0 Å². The van der Waals surface area contributed by atoms with Gasteiger partial charge in [-0.25, -0.2) is 0 Å². The lowest BCUT2D eigenvalue weighted by atomic mass is 9.96. The zero-order chi connectivity index (χ0) is 12.1. The van der Waals surface area contributed by atoms with Crippen LogP contribution in [0.2, 0.25) is 0 Å². The largest absolute Gasteiger partial charge is 0.480 e. The van der Waals surface area contributed by atoms with Crippen LogP contribution in [0.1, 0.15) is 27.2 Å². The molecule has 1 aliphatic carbocycles. The van der Waals surface area contributed by atoms with E-state index in [0.29, 0.717) is 13.0 Å². The Balaban J connectivity index is 2.14. The van der Waals surface area contributed by atoms with Gasteiger partial charge in [-0.1, -0.05) is 0 Å². The summed E-state index contributed by atoms with van der Waals surface area (Å²) in [5.41, 5.74) is -1.37. The first-order valence-electron chi connectivity index (χ1n) is 5.47. The number of hydrogen-bond donors (Lipinski definition) is 2. The van der Waals surface area contributed by atoms with Gasteiger partial charge in [0.15, 0.2) is 0 Å². The van der Waals surface area contributed by atoms with Crippen LogP contribution in [0.3, 0.4) is 0 Å². The van der Waals surface area contributed by atoms with Crippen molar-refractivity contribution < 1.29 is 19.4 Å². The van der Waals surface area contributed by atoms with Crippen molar-refractivity contribution in [1.82, 2.24) is 5.32 Å². The van der Waals surface area contributed by atoms with Crippen molar-refractivity contribution in [2.45, 2.75) is 38.8 Å². The molecule has 0 radical (unpaired) electrons. The molecular weight excluding hydrogens is 210 g/mol. The number of carboxylic acid groups (broad SMARTS) is 1. The summed E-state index contributed by atoms with van der Waals surface area (Å²) in [6.45, 7) is 5.96. The average Bonchev–Trinajstić information content (AvgIpc) is 2.70. The van der Waals surface area contributed by atoms with Gasteiger partial charge in [-0.3, -0.25) is 9.59 Å². The summed E-state index contributed by atoms with van der Waals surface area (Å²) in [4.78, 5) is 23.1. The smallest absolute Gasteiger partial charge is 0.321 e. The third-order valence-electron chi connectivity index (χ3n) is 3.26. The number of nitrogens with one attached hydrogen (secondary N) is 1. The maximum absolute atomic E-state index is 12.0. The minimum absolute atomic E-state index is 0.128. The summed E-state index contributed by atoms with van der Waals surface area (Å²) >= 11 is 0. The average molecular weight is 227 g/mol. The van der Waals surface area contributed by atoms with Gasteiger partial charge < -0.3 is 15.2 Å². The molecule has 1 heterocycles. The molecule has 0 bridgehead atoms. The second kappa shape index (κ2) is 3.20. The van der Waals surface area contributed by atoms with Crippen molar-refractivity contribution in [2.75, 3.05) is 6.54 Å². The van der Waals surface area contributed by atoms with Crippen molar-refractivity contribution >= 4 is 11.9 Å². The van der Waals surface area contributed by atoms with Crippen LogP contribution in [0, 0.1) is 11.3 Å². The summed E-state index contributed by atoms with van der Waals surface area (Å²) in [7, 11) is 0. The number of fused-ring (bicyclic) bond motifs is 1. The van der Waals surface area contributed by atoms with Gasteiger partial charge >= 0.3 is 11.9 Å². The van der Waals surface area contributed by atoms with Gasteiger partial charge in [0.25, 0.3) is 0 Å². The Morgan fingerprint density at radius 3 is 2.50 bits per heavy atom. The van der Waals surface area contributed by atoms with Crippen LogP contribution in [0.5, 0.6) is 0 Å². The molecule has 5 nitrogen and oxygen atoms in total. The lowest BCUT2D eigenvalue weighted by Gasteiger charge is -2.25. The number of hydrogen-bond acceptors (Lipinski definition) is 4. The summed E-state index contributed by atoms with van der Waals surface area (Å²) in [5, 5.41) is 11.9. The highest BCUT2D eigenvalue weighted by molar-refractivity contribution is 5.91. The fraction of sp³-hybridized carbons (Fsp3) is 0.818. The van der Waals surface area contributed by atoms with Crippen LogP contribution < -0.4 is 5.32 Å². The van der Waals surface area contributed by atoms with Gasteiger partial charge in [-0.2, -0.15) is 0 Å². The SMILES string of the molecule is CC(C)(C)OC(=O)[C@]12C[C@H]1CNC2C(=O)O. The molecule has 1 unspecified atom stereocenters. The van der Waals surface area contributed by atoms with E-state index in [4.69, 9.17) is 9.84 Å². The number of esters is 1. The first-order chi connectivity index (χ1) is 7.27. The molecule has 2 aliphatic rings. The first-order valence-corrected chi connectivity index (χ1v) is 5.47. The summed E-state index contributed by atoms with van der Waals surface area (Å²) < 4.78 is 5.30. The molecule has 0 spiro atoms. The number of rotatable bonds is 2. The quantitative estimate of drug-likeness (QED) is 0.667.